The Bertz CT molecular complexity index is 1040. The van der Waals surface area contributed by atoms with Gasteiger partial charge < -0.3 is 10.3 Å². The monoisotopic (exact) mass is 361 g/mol. The highest BCUT2D eigenvalue weighted by atomic mass is 32.1. The number of imidazole rings is 1. The molecule has 0 aliphatic carbocycles. The van der Waals surface area contributed by atoms with Gasteiger partial charge in [0, 0.05) is 11.3 Å². The quantitative estimate of drug-likeness (QED) is 0.492. The first-order chi connectivity index (χ1) is 12.6. The van der Waals surface area contributed by atoms with Gasteiger partial charge in [-0.05, 0) is 47.2 Å². The number of fused-ring (bicyclic) bond motifs is 1. The zero-order valence-electron chi connectivity index (χ0n) is 14.6. The molecule has 0 fully saturated rings. The Hall–Kier alpha value is -2.92. The normalized spacial score (nSPS) is 11.2. The topological polar surface area (TPSA) is 57.8 Å². The van der Waals surface area contributed by atoms with E-state index in [1.165, 1.54) is 11.3 Å². The molecule has 0 atom stereocenters. The molecule has 5 heteroatoms. The Labute approximate surface area is 155 Å². The van der Waals surface area contributed by atoms with Crippen molar-refractivity contribution in [3.8, 4) is 11.4 Å². The van der Waals surface area contributed by atoms with E-state index < -0.39 is 0 Å². The van der Waals surface area contributed by atoms with Gasteiger partial charge in [-0.1, -0.05) is 38.1 Å². The minimum absolute atomic E-state index is 0.0644. The summed E-state index contributed by atoms with van der Waals surface area (Å²) < 4.78 is 0. The maximum Gasteiger partial charge on any atom is 0.266 e. The molecule has 0 saturated carbocycles. The smallest absolute Gasteiger partial charge is 0.266 e. The summed E-state index contributed by atoms with van der Waals surface area (Å²) in [5.41, 5.74) is 4.71. The first-order valence-electron chi connectivity index (χ1n) is 8.56. The number of thiophene rings is 1. The lowest BCUT2D eigenvalue weighted by Crippen LogP contribution is -2.12. The van der Waals surface area contributed by atoms with Crippen LogP contribution in [0.5, 0.6) is 0 Å². The number of nitrogens with one attached hydrogen (secondary N) is 2. The van der Waals surface area contributed by atoms with Gasteiger partial charge in [-0.3, -0.25) is 4.79 Å². The summed E-state index contributed by atoms with van der Waals surface area (Å²) in [7, 11) is 0. The summed E-state index contributed by atoms with van der Waals surface area (Å²) in [6, 6.07) is 17.7. The van der Waals surface area contributed by atoms with E-state index in [1.807, 2.05) is 60.0 Å². The van der Waals surface area contributed by atoms with Crippen LogP contribution in [-0.4, -0.2) is 15.9 Å². The Morgan fingerprint density at radius 1 is 1.12 bits per heavy atom. The molecule has 4 nitrogen and oxygen atoms in total. The first kappa shape index (κ1) is 16.5. The third-order valence-corrected chi connectivity index (χ3v) is 5.24. The molecule has 0 aliphatic rings. The zero-order chi connectivity index (χ0) is 18.1. The summed E-state index contributed by atoms with van der Waals surface area (Å²) in [5.74, 6) is 1.05. The van der Waals surface area contributed by atoms with Crippen molar-refractivity contribution in [2.45, 2.75) is 19.8 Å². The van der Waals surface area contributed by atoms with Crippen molar-refractivity contribution >= 4 is 34.0 Å². The van der Waals surface area contributed by atoms with Crippen LogP contribution in [-0.2, 0) is 0 Å². The second-order valence-corrected chi connectivity index (χ2v) is 7.41. The predicted molar refractivity (Wildman–Crippen MR) is 108 cm³/mol. The standard InChI is InChI=1S/C21H19N3OS/c1-13(2)16-10-11-26-19(16)21(25)22-15-7-5-6-14(12-15)20-23-17-8-3-4-9-18(17)24-20/h3-13H,1-2H3,(H,22,25)(H,23,24). The largest absolute Gasteiger partial charge is 0.338 e. The van der Waals surface area contributed by atoms with Crippen LogP contribution in [0, 0.1) is 0 Å². The Kier molecular flexibility index (Phi) is 4.31. The highest BCUT2D eigenvalue weighted by Gasteiger charge is 2.16. The fraction of sp³-hybridized carbons (Fsp3) is 0.143. The van der Waals surface area contributed by atoms with E-state index in [1.54, 1.807) is 0 Å². The lowest BCUT2D eigenvalue weighted by Gasteiger charge is -2.09. The highest BCUT2D eigenvalue weighted by Crippen LogP contribution is 2.27. The molecule has 0 spiro atoms. The van der Waals surface area contributed by atoms with Crippen LogP contribution < -0.4 is 5.32 Å². The first-order valence-corrected chi connectivity index (χ1v) is 9.43. The molecule has 2 aromatic heterocycles. The zero-order valence-corrected chi connectivity index (χ0v) is 15.4. The predicted octanol–water partition coefficient (Wildman–Crippen LogP) is 5.67. The van der Waals surface area contributed by atoms with Gasteiger partial charge in [0.1, 0.15) is 5.82 Å². The average molecular weight is 361 g/mol. The minimum atomic E-state index is -0.0644. The molecule has 130 valence electrons. The summed E-state index contributed by atoms with van der Waals surface area (Å²) in [5, 5.41) is 4.98. The number of hydrogen-bond acceptors (Lipinski definition) is 3. The molecule has 0 bridgehead atoms. The van der Waals surface area contributed by atoms with E-state index in [0.29, 0.717) is 5.92 Å². The summed E-state index contributed by atoms with van der Waals surface area (Å²) >= 11 is 1.48. The molecule has 1 amide bonds. The van der Waals surface area contributed by atoms with E-state index >= 15 is 0 Å². The number of para-hydroxylation sites is 2. The summed E-state index contributed by atoms with van der Waals surface area (Å²) in [6.07, 6.45) is 0. The van der Waals surface area contributed by atoms with Crippen LogP contribution in [0.2, 0.25) is 0 Å². The molecule has 2 N–H and O–H groups in total. The number of carbonyl (C=O) groups excluding carboxylic acids is 1. The van der Waals surface area contributed by atoms with Gasteiger partial charge in [-0.25, -0.2) is 4.98 Å². The van der Waals surface area contributed by atoms with Crippen molar-refractivity contribution in [3.05, 3.63) is 70.4 Å². The van der Waals surface area contributed by atoms with Crippen molar-refractivity contribution in [2.75, 3.05) is 5.32 Å². The van der Waals surface area contributed by atoms with Crippen LogP contribution in [0.4, 0.5) is 5.69 Å². The second-order valence-electron chi connectivity index (χ2n) is 6.50. The minimum Gasteiger partial charge on any atom is -0.338 e. The number of amides is 1. The van der Waals surface area contributed by atoms with E-state index in [2.05, 4.69) is 29.1 Å². The van der Waals surface area contributed by atoms with Gasteiger partial charge in [-0.2, -0.15) is 0 Å². The maximum atomic E-state index is 12.7. The number of hydrogen-bond donors (Lipinski definition) is 2. The van der Waals surface area contributed by atoms with Gasteiger partial charge >= 0.3 is 0 Å². The number of H-pyrrole nitrogens is 1. The lowest BCUT2D eigenvalue weighted by atomic mass is 10.0. The maximum absolute atomic E-state index is 12.7. The second kappa shape index (κ2) is 6.77. The molecule has 26 heavy (non-hydrogen) atoms. The molecule has 2 aromatic carbocycles. The molecule has 4 rings (SSSR count). The van der Waals surface area contributed by atoms with Crippen molar-refractivity contribution in [1.82, 2.24) is 9.97 Å². The van der Waals surface area contributed by atoms with Crippen LogP contribution in [0.25, 0.3) is 22.4 Å². The SMILES string of the molecule is CC(C)c1ccsc1C(=O)Nc1cccc(-c2nc3ccccc3[nH]2)c1. The number of nitrogens with zero attached hydrogens (tertiary/aromatic N) is 1. The number of anilines is 1. The van der Waals surface area contributed by atoms with Crippen LogP contribution in [0.3, 0.4) is 0 Å². The van der Waals surface area contributed by atoms with E-state index in [-0.39, 0.29) is 5.91 Å². The fourth-order valence-corrected chi connectivity index (χ4v) is 3.93. The number of rotatable bonds is 4. The van der Waals surface area contributed by atoms with Crippen LogP contribution in [0.15, 0.2) is 60.0 Å². The van der Waals surface area contributed by atoms with E-state index in [4.69, 9.17) is 0 Å². The summed E-state index contributed by atoms with van der Waals surface area (Å²) in [6.45, 7) is 4.20. The molecule has 4 aromatic rings. The van der Waals surface area contributed by atoms with Gasteiger partial charge in [0.05, 0.1) is 15.9 Å². The van der Waals surface area contributed by atoms with Crippen molar-refractivity contribution in [3.63, 3.8) is 0 Å². The number of carbonyl (C=O) groups is 1. The Morgan fingerprint density at radius 2 is 1.96 bits per heavy atom. The highest BCUT2D eigenvalue weighted by molar-refractivity contribution is 7.12. The van der Waals surface area contributed by atoms with Gasteiger partial charge in [0.2, 0.25) is 0 Å². The van der Waals surface area contributed by atoms with Crippen molar-refractivity contribution < 1.29 is 4.79 Å². The lowest BCUT2D eigenvalue weighted by molar-refractivity contribution is 0.102. The molecule has 0 saturated heterocycles. The van der Waals surface area contributed by atoms with Gasteiger partial charge in [-0.15, -0.1) is 11.3 Å². The molecule has 0 unspecified atom stereocenters. The van der Waals surface area contributed by atoms with Gasteiger partial charge in [0.25, 0.3) is 5.91 Å². The molecular weight excluding hydrogens is 342 g/mol. The third-order valence-electron chi connectivity index (χ3n) is 4.31. The van der Waals surface area contributed by atoms with Crippen LogP contribution in [0.1, 0.15) is 35.0 Å². The third kappa shape index (κ3) is 3.13. The van der Waals surface area contributed by atoms with Crippen LogP contribution >= 0.6 is 11.3 Å². The number of aromatic nitrogens is 2. The van der Waals surface area contributed by atoms with Crippen molar-refractivity contribution in [1.29, 1.82) is 0 Å². The van der Waals surface area contributed by atoms with Crippen molar-refractivity contribution in [2.24, 2.45) is 0 Å². The molecule has 0 radical (unpaired) electrons. The fourth-order valence-electron chi connectivity index (χ4n) is 2.98. The molecule has 2 heterocycles. The summed E-state index contributed by atoms with van der Waals surface area (Å²) in [4.78, 5) is 21.4. The Morgan fingerprint density at radius 3 is 2.77 bits per heavy atom. The van der Waals surface area contributed by atoms with E-state index in [0.717, 1.165) is 38.5 Å². The Balaban J connectivity index is 1.61. The number of benzene rings is 2. The number of aromatic amines is 1. The molecular formula is C21H19N3OS. The van der Waals surface area contributed by atoms with E-state index in [9.17, 15) is 4.79 Å². The van der Waals surface area contributed by atoms with Gasteiger partial charge in [0.15, 0.2) is 0 Å². The molecule has 0 aliphatic heterocycles. The average Bonchev–Trinajstić information content (AvgIpc) is 3.29.